The summed E-state index contributed by atoms with van der Waals surface area (Å²) < 4.78 is 0. The Hall–Kier alpha value is -1.96. The van der Waals surface area contributed by atoms with Gasteiger partial charge in [-0.25, -0.2) is 9.78 Å². The van der Waals surface area contributed by atoms with Crippen LogP contribution in [0.5, 0.6) is 0 Å². The molecule has 8 heteroatoms. The number of carbonyl (C=O) groups excluding carboxylic acids is 1. The maximum atomic E-state index is 10.7. The van der Waals surface area contributed by atoms with Gasteiger partial charge in [-0.2, -0.15) is 0 Å². The standard InChI is InChI=1S/C8H9N3O4S/c1-4(7(13)14)15-11-5(2-12)6-3-16-8(9)10-6/h2-4H,1H3,(H2,9,10)(H,13,14)/b11-5+/t4-/m0/s1. The zero-order valence-corrected chi connectivity index (χ0v) is 9.10. The Morgan fingerprint density at radius 2 is 2.50 bits per heavy atom. The molecule has 0 aliphatic heterocycles. The number of aldehydes is 1. The molecular weight excluding hydrogens is 234 g/mol. The summed E-state index contributed by atoms with van der Waals surface area (Å²) >= 11 is 1.14. The number of nitrogens with two attached hydrogens (primary N) is 1. The highest BCUT2D eigenvalue weighted by Gasteiger charge is 2.13. The van der Waals surface area contributed by atoms with E-state index in [0.717, 1.165) is 11.3 Å². The topological polar surface area (TPSA) is 115 Å². The summed E-state index contributed by atoms with van der Waals surface area (Å²) in [6.07, 6.45) is -0.714. The molecule has 0 spiro atoms. The highest BCUT2D eigenvalue weighted by Crippen LogP contribution is 2.11. The Morgan fingerprint density at radius 3 is 2.94 bits per heavy atom. The van der Waals surface area contributed by atoms with Gasteiger partial charge < -0.3 is 15.7 Å². The third-order valence-corrected chi connectivity index (χ3v) is 2.23. The SMILES string of the molecule is C[C@H](O/N=C(\C=O)c1csc(N)n1)C(=O)O. The second-order valence-corrected chi connectivity index (χ2v) is 3.64. The minimum absolute atomic E-state index is 0.0962. The van der Waals surface area contributed by atoms with E-state index in [4.69, 9.17) is 10.8 Å². The van der Waals surface area contributed by atoms with Gasteiger partial charge >= 0.3 is 5.97 Å². The maximum absolute atomic E-state index is 10.7. The summed E-state index contributed by atoms with van der Waals surface area (Å²) in [5, 5.41) is 13.7. The Labute approximate surface area is 94.5 Å². The number of nitrogen functional groups attached to an aromatic ring is 1. The minimum Gasteiger partial charge on any atom is -0.478 e. The Kier molecular flexibility index (Phi) is 3.95. The number of carbonyl (C=O) groups is 2. The lowest BCUT2D eigenvalue weighted by atomic mass is 10.3. The lowest BCUT2D eigenvalue weighted by molar-refractivity contribution is -0.149. The molecule has 0 saturated heterocycles. The molecule has 1 aromatic rings. The molecule has 3 N–H and O–H groups in total. The van der Waals surface area contributed by atoms with Crippen molar-refractivity contribution in [3.05, 3.63) is 11.1 Å². The van der Waals surface area contributed by atoms with Crippen molar-refractivity contribution in [2.45, 2.75) is 13.0 Å². The van der Waals surface area contributed by atoms with E-state index in [9.17, 15) is 9.59 Å². The summed E-state index contributed by atoms with van der Waals surface area (Å²) in [5.41, 5.74) is 5.54. The van der Waals surface area contributed by atoms with Gasteiger partial charge in [-0.3, -0.25) is 4.79 Å². The molecule has 0 aliphatic rings. The first-order valence-corrected chi connectivity index (χ1v) is 5.05. The molecule has 86 valence electrons. The normalized spacial score (nSPS) is 13.2. The van der Waals surface area contributed by atoms with Crippen molar-refractivity contribution in [3.63, 3.8) is 0 Å². The monoisotopic (exact) mass is 243 g/mol. The number of aromatic nitrogens is 1. The van der Waals surface area contributed by atoms with Crippen LogP contribution in [0.1, 0.15) is 12.6 Å². The van der Waals surface area contributed by atoms with Gasteiger partial charge in [0.25, 0.3) is 0 Å². The molecule has 0 aliphatic carbocycles. The molecule has 1 atom stereocenters. The molecule has 1 rings (SSSR count). The third kappa shape index (κ3) is 3.02. The van der Waals surface area contributed by atoms with Crippen LogP contribution in [-0.2, 0) is 14.4 Å². The van der Waals surface area contributed by atoms with Gasteiger partial charge in [0.2, 0.25) is 6.10 Å². The first-order valence-electron chi connectivity index (χ1n) is 4.17. The van der Waals surface area contributed by atoms with Crippen molar-refractivity contribution in [3.8, 4) is 0 Å². The zero-order chi connectivity index (χ0) is 12.1. The predicted octanol–water partition coefficient (Wildman–Crippen LogP) is 0.118. The van der Waals surface area contributed by atoms with E-state index in [-0.39, 0.29) is 16.5 Å². The number of hydrogen-bond acceptors (Lipinski definition) is 7. The van der Waals surface area contributed by atoms with Crippen molar-refractivity contribution < 1.29 is 19.5 Å². The van der Waals surface area contributed by atoms with E-state index in [1.54, 1.807) is 0 Å². The molecule has 0 amide bonds. The fraction of sp³-hybridized carbons (Fsp3) is 0.250. The van der Waals surface area contributed by atoms with Gasteiger partial charge in [-0.05, 0) is 6.92 Å². The number of oxime groups is 1. The van der Waals surface area contributed by atoms with Crippen molar-refractivity contribution in [2.24, 2.45) is 5.16 Å². The van der Waals surface area contributed by atoms with Crippen LogP contribution in [0.4, 0.5) is 5.13 Å². The predicted molar refractivity (Wildman–Crippen MR) is 57.3 cm³/mol. The average Bonchev–Trinajstić information content (AvgIpc) is 2.65. The van der Waals surface area contributed by atoms with Crippen LogP contribution in [0.3, 0.4) is 0 Å². The second-order valence-electron chi connectivity index (χ2n) is 2.75. The fourth-order valence-corrected chi connectivity index (χ4v) is 1.27. The van der Waals surface area contributed by atoms with Crippen LogP contribution in [-0.4, -0.2) is 34.2 Å². The number of aliphatic carboxylic acids is 1. The number of carboxylic acid groups (broad SMARTS) is 1. The van der Waals surface area contributed by atoms with E-state index in [2.05, 4.69) is 15.0 Å². The van der Waals surface area contributed by atoms with Crippen molar-refractivity contribution in [1.29, 1.82) is 0 Å². The fourth-order valence-electron chi connectivity index (χ4n) is 0.715. The highest BCUT2D eigenvalue weighted by atomic mass is 32.1. The molecule has 0 unspecified atom stereocenters. The second kappa shape index (κ2) is 5.21. The van der Waals surface area contributed by atoms with Gasteiger partial charge in [0.1, 0.15) is 5.69 Å². The molecular formula is C8H9N3O4S. The molecule has 1 heterocycles. The van der Waals surface area contributed by atoms with E-state index in [1.165, 1.54) is 12.3 Å². The number of hydrogen-bond donors (Lipinski definition) is 2. The van der Waals surface area contributed by atoms with Crippen molar-refractivity contribution in [1.82, 2.24) is 4.98 Å². The average molecular weight is 243 g/mol. The van der Waals surface area contributed by atoms with E-state index >= 15 is 0 Å². The molecule has 0 radical (unpaired) electrons. The number of anilines is 1. The number of carboxylic acids is 1. The van der Waals surface area contributed by atoms with Crippen LogP contribution in [0.15, 0.2) is 10.5 Å². The summed E-state index contributed by atoms with van der Waals surface area (Å²) in [6, 6.07) is 0. The third-order valence-electron chi connectivity index (χ3n) is 1.55. The van der Waals surface area contributed by atoms with E-state index in [1.807, 2.05) is 0 Å². The lowest BCUT2D eigenvalue weighted by Gasteiger charge is -2.03. The largest absolute Gasteiger partial charge is 0.478 e. The van der Waals surface area contributed by atoms with Crippen LogP contribution in [0, 0.1) is 0 Å². The molecule has 16 heavy (non-hydrogen) atoms. The number of nitrogens with zero attached hydrogens (tertiary/aromatic N) is 2. The van der Waals surface area contributed by atoms with Crippen molar-refractivity contribution in [2.75, 3.05) is 5.73 Å². The van der Waals surface area contributed by atoms with Gasteiger partial charge in [0.05, 0.1) is 0 Å². The van der Waals surface area contributed by atoms with E-state index < -0.39 is 12.1 Å². The molecule has 7 nitrogen and oxygen atoms in total. The maximum Gasteiger partial charge on any atom is 0.347 e. The summed E-state index contributed by atoms with van der Waals surface area (Å²) in [4.78, 5) is 29.5. The molecule has 0 bridgehead atoms. The first-order chi connectivity index (χ1) is 7.54. The van der Waals surface area contributed by atoms with Gasteiger partial charge in [0, 0.05) is 5.38 Å². The smallest absolute Gasteiger partial charge is 0.347 e. The minimum atomic E-state index is -1.17. The Bertz CT molecular complexity index is 429. The number of thiazole rings is 1. The zero-order valence-electron chi connectivity index (χ0n) is 8.28. The molecule has 1 aromatic heterocycles. The van der Waals surface area contributed by atoms with Crippen LogP contribution in [0.25, 0.3) is 0 Å². The molecule has 0 aromatic carbocycles. The molecule has 0 saturated carbocycles. The van der Waals surface area contributed by atoms with Gasteiger partial charge in [-0.15, -0.1) is 11.3 Å². The van der Waals surface area contributed by atoms with Gasteiger partial charge in [0.15, 0.2) is 17.1 Å². The van der Waals surface area contributed by atoms with Crippen LogP contribution >= 0.6 is 11.3 Å². The quantitative estimate of drug-likeness (QED) is 0.431. The van der Waals surface area contributed by atoms with E-state index in [0.29, 0.717) is 6.29 Å². The Balaban J connectivity index is 2.79. The molecule has 0 fully saturated rings. The van der Waals surface area contributed by atoms with Crippen LogP contribution in [0.2, 0.25) is 0 Å². The van der Waals surface area contributed by atoms with Crippen LogP contribution < -0.4 is 5.73 Å². The van der Waals surface area contributed by atoms with Gasteiger partial charge in [-0.1, -0.05) is 5.16 Å². The summed E-state index contributed by atoms with van der Waals surface area (Å²) in [6.45, 7) is 1.30. The van der Waals surface area contributed by atoms with Crippen molar-refractivity contribution >= 4 is 34.4 Å². The summed E-state index contributed by atoms with van der Waals surface area (Å²) in [7, 11) is 0. The lowest BCUT2D eigenvalue weighted by Crippen LogP contribution is -2.18. The number of rotatable bonds is 5. The Morgan fingerprint density at radius 1 is 1.81 bits per heavy atom. The highest BCUT2D eigenvalue weighted by molar-refractivity contribution is 7.13. The summed E-state index contributed by atoms with van der Waals surface area (Å²) in [5.74, 6) is -1.17. The first kappa shape index (κ1) is 12.1.